The van der Waals surface area contributed by atoms with Crippen LogP contribution in [0.3, 0.4) is 0 Å². The maximum absolute atomic E-state index is 12.6. The minimum absolute atomic E-state index is 0.140. The quantitative estimate of drug-likeness (QED) is 0.0437. The number of esters is 1. The average Bonchev–Trinajstić information content (AvgIpc) is 3.07. The largest absolute Gasteiger partial charge is 0.480 e. The Labute approximate surface area is 292 Å². The smallest absolute Gasteiger partial charge is 0.322 e. The third kappa shape index (κ3) is 35.2. The monoisotopic (exact) mass is 663 g/mol. The molecule has 0 aromatic carbocycles. The van der Waals surface area contributed by atoms with Gasteiger partial charge in [-0.2, -0.15) is 0 Å². The van der Waals surface area contributed by atoms with Crippen LogP contribution in [0.2, 0.25) is 0 Å². The van der Waals surface area contributed by atoms with Crippen molar-refractivity contribution in [1.82, 2.24) is 5.32 Å². The summed E-state index contributed by atoms with van der Waals surface area (Å²) in [6, 6.07) is 0. The zero-order valence-electron chi connectivity index (χ0n) is 30.0. The number of unbranched alkanes of at least 4 members (excludes halogenated alkanes) is 6. The molecule has 0 aromatic rings. The Morgan fingerprint density at radius 3 is 1.54 bits per heavy atom. The Hall–Kier alpha value is -3.67. The maximum Gasteiger partial charge on any atom is 0.322 e. The number of nitrogens with one attached hydrogen (secondary N) is 1. The van der Waals surface area contributed by atoms with E-state index in [-0.39, 0.29) is 24.5 Å². The maximum atomic E-state index is 12.6. The molecular formula is C42H65NO5. The molecule has 1 atom stereocenters. The third-order valence-corrected chi connectivity index (χ3v) is 7.24. The van der Waals surface area contributed by atoms with Crippen LogP contribution < -0.4 is 5.32 Å². The molecule has 0 spiro atoms. The molecule has 0 saturated heterocycles. The molecule has 0 heterocycles. The molecule has 1 amide bonds. The van der Waals surface area contributed by atoms with Gasteiger partial charge in [0, 0.05) is 12.8 Å². The number of allylic oxidation sites excluding steroid dienone is 15. The lowest BCUT2D eigenvalue weighted by molar-refractivity contribution is -0.147. The van der Waals surface area contributed by atoms with E-state index in [0.717, 1.165) is 109 Å². The van der Waals surface area contributed by atoms with Gasteiger partial charge in [0.15, 0.2) is 0 Å². The summed E-state index contributed by atoms with van der Waals surface area (Å²) < 4.78 is 5.85. The van der Waals surface area contributed by atoms with Crippen LogP contribution in [0, 0.1) is 0 Å². The number of hydrogen-bond donors (Lipinski definition) is 2. The first kappa shape index (κ1) is 44.3. The van der Waals surface area contributed by atoms with Gasteiger partial charge in [-0.15, -0.1) is 0 Å². The lowest BCUT2D eigenvalue weighted by Crippen LogP contribution is -2.28. The summed E-state index contributed by atoms with van der Waals surface area (Å²) in [5, 5.41) is 11.0. The Morgan fingerprint density at radius 1 is 0.562 bits per heavy atom. The fourth-order valence-corrected chi connectivity index (χ4v) is 4.60. The van der Waals surface area contributed by atoms with Crippen LogP contribution in [0.4, 0.5) is 0 Å². The van der Waals surface area contributed by atoms with E-state index in [4.69, 9.17) is 9.84 Å². The van der Waals surface area contributed by atoms with Gasteiger partial charge in [-0.25, -0.2) is 0 Å². The topological polar surface area (TPSA) is 92.7 Å². The fourth-order valence-electron chi connectivity index (χ4n) is 4.60. The first-order chi connectivity index (χ1) is 23.5. The van der Waals surface area contributed by atoms with E-state index in [2.05, 4.69) is 110 Å². The SMILES string of the molecule is CC/C=C\C/C=C\C/C=C\C/C=C\C/C=C\CCCC(=O)OC(/C=C\C/C=C\C/C=C\CC)CCCCCCCCC(=O)NCC(=O)O. The highest BCUT2D eigenvalue weighted by Gasteiger charge is 2.11. The van der Waals surface area contributed by atoms with Crippen molar-refractivity contribution < 1.29 is 24.2 Å². The Bertz CT molecular complexity index is 1040. The highest BCUT2D eigenvalue weighted by atomic mass is 16.5. The van der Waals surface area contributed by atoms with Crippen molar-refractivity contribution in [2.45, 2.75) is 142 Å². The average molecular weight is 664 g/mol. The van der Waals surface area contributed by atoms with E-state index >= 15 is 0 Å². The molecule has 6 nitrogen and oxygen atoms in total. The summed E-state index contributed by atoms with van der Waals surface area (Å²) >= 11 is 0. The van der Waals surface area contributed by atoms with Gasteiger partial charge in [0.25, 0.3) is 0 Å². The lowest BCUT2D eigenvalue weighted by Gasteiger charge is -2.14. The van der Waals surface area contributed by atoms with Gasteiger partial charge in [0.1, 0.15) is 12.6 Å². The summed E-state index contributed by atoms with van der Waals surface area (Å²) in [4.78, 5) is 34.7. The van der Waals surface area contributed by atoms with Gasteiger partial charge in [-0.3, -0.25) is 14.4 Å². The molecule has 0 bridgehead atoms. The molecule has 0 aromatic heterocycles. The second-order valence-corrected chi connectivity index (χ2v) is 11.7. The van der Waals surface area contributed by atoms with Crippen LogP contribution in [0.25, 0.3) is 0 Å². The van der Waals surface area contributed by atoms with E-state index < -0.39 is 5.97 Å². The molecule has 2 N–H and O–H groups in total. The van der Waals surface area contributed by atoms with Crippen LogP contribution in [-0.4, -0.2) is 35.6 Å². The molecule has 0 saturated carbocycles. The standard InChI is InChI=1S/C42H65NO5/c1-3-5-7-9-11-13-14-15-16-17-18-19-20-21-23-29-33-37-42(47)48-39(34-30-26-22-12-10-8-6-4-2)35-31-27-24-25-28-32-36-40(44)43-38-41(45)46/h5-8,11-13,15-16,18-19,21-23,30,34,39H,3-4,9-10,14,17,20,24-29,31-33,35-38H2,1-2H3,(H,43,44)(H,45,46)/b7-5-,8-6-,13-11-,16-15-,19-18-,22-12-,23-21-,34-30-. The van der Waals surface area contributed by atoms with Crippen LogP contribution in [0.5, 0.6) is 0 Å². The molecule has 6 heteroatoms. The first-order valence-electron chi connectivity index (χ1n) is 18.4. The number of rotatable bonds is 31. The minimum Gasteiger partial charge on any atom is -0.480 e. The summed E-state index contributed by atoms with van der Waals surface area (Å²) in [5.41, 5.74) is 0. The zero-order valence-corrected chi connectivity index (χ0v) is 30.0. The predicted octanol–water partition coefficient (Wildman–Crippen LogP) is 11.0. The van der Waals surface area contributed by atoms with Crippen LogP contribution >= 0.6 is 0 Å². The number of carbonyl (C=O) groups excluding carboxylic acids is 2. The van der Waals surface area contributed by atoms with Crippen molar-refractivity contribution in [3.8, 4) is 0 Å². The number of carbonyl (C=O) groups is 3. The molecule has 1 unspecified atom stereocenters. The lowest BCUT2D eigenvalue weighted by atomic mass is 10.1. The van der Waals surface area contributed by atoms with E-state index in [0.29, 0.717) is 12.8 Å². The summed E-state index contributed by atoms with van der Waals surface area (Å²) in [5.74, 6) is -1.38. The molecule has 268 valence electrons. The molecule has 0 aliphatic heterocycles. The normalized spacial score (nSPS) is 13.2. The molecule has 0 aliphatic carbocycles. The number of hydrogen-bond acceptors (Lipinski definition) is 4. The van der Waals surface area contributed by atoms with Crippen molar-refractivity contribution in [1.29, 1.82) is 0 Å². The highest BCUT2D eigenvalue weighted by molar-refractivity contribution is 5.80. The first-order valence-corrected chi connectivity index (χ1v) is 18.4. The van der Waals surface area contributed by atoms with Crippen LogP contribution in [-0.2, 0) is 19.1 Å². The van der Waals surface area contributed by atoms with Gasteiger partial charge >= 0.3 is 11.9 Å². The Morgan fingerprint density at radius 2 is 1.02 bits per heavy atom. The number of carboxylic acid groups (broad SMARTS) is 1. The van der Waals surface area contributed by atoms with Gasteiger partial charge in [0.2, 0.25) is 5.91 Å². The predicted molar refractivity (Wildman–Crippen MR) is 203 cm³/mol. The Kier molecular flexibility index (Phi) is 33.4. The van der Waals surface area contributed by atoms with Gasteiger partial charge in [-0.05, 0) is 89.5 Å². The molecule has 0 fully saturated rings. The summed E-state index contributed by atoms with van der Waals surface area (Å²) in [6.45, 7) is 3.95. The van der Waals surface area contributed by atoms with Crippen molar-refractivity contribution in [3.05, 3.63) is 97.2 Å². The molecular weight excluding hydrogens is 598 g/mol. The molecule has 0 radical (unpaired) electrons. The molecule has 0 aliphatic rings. The van der Waals surface area contributed by atoms with Crippen molar-refractivity contribution in [3.63, 3.8) is 0 Å². The Balaban J connectivity index is 4.34. The van der Waals surface area contributed by atoms with Crippen molar-refractivity contribution in [2.24, 2.45) is 0 Å². The van der Waals surface area contributed by atoms with Gasteiger partial charge < -0.3 is 15.2 Å². The number of ether oxygens (including phenoxy) is 1. The van der Waals surface area contributed by atoms with Crippen molar-refractivity contribution >= 4 is 17.8 Å². The van der Waals surface area contributed by atoms with Crippen molar-refractivity contribution in [2.75, 3.05) is 6.54 Å². The minimum atomic E-state index is -1.03. The van der Waals surface area contributed by atoms with Gasteiger partial charge in [0.05, 0.1) is 0 Å². The fraction of sp³-hybridized carbons (Fsp3) is 0.548. The number of amides is 1. The molecule has 0 rings (SSSR count). The van der Waals surface area contributed by atoms with E-state index in [9.17, 15) is 14.4 Å². The van der Waals surface area contributed by atoms with Crippen LogP contribution in [0.15, 0.2) is 97.2 Å². The second-order valence-electron chi connectivity index (χ2n) is 11.7. The van der Waals surface area contributed by atoms with E-state index in [1.807, 2.05) is 6.08 Å². The third-order valence-electron chi connectivity index (χ3n) is 7.24. The number of carboxylic acids is 1. The second kappa shape index (κ2) is 36.2. The summed E-state index contributed by atoms with van der Waals surface area (Å²) in [7, 11) is 0. The van der Waals surface area contributed by atoms with Crippen LogP contribution in [0.1, 0.15) is 136 Å². The van der Waals surface area contributed by atoms with E-state index in [1.165, 1.54) is 0 Å². The highest BCUT2D eigenvalue weighted by Crippen LogP contribution is 2.14. The summed E-state index contributed by atoms with van der Waals surface area (Å²) in [6.07, 6.45) is 51.2. The van der Waals surface area contributed by atoms with E-state index in [1.54, 1.807) is 0 Å². The molecule has 48 heavy (non-hydrogen) atoms. The van der Waals surface area contributed by atoms with Gasteiger partial charge in [-0.1, -0.05) is 131 Å². The number of aliphatic carboxylic acids is 1. The zero-order chi connectivity index (χ0) is 35.2.